The van der Waals surface area contributed by atoms with Crippen LogP contribution in [0.5, 0.6) is 0 Å². The molecule has 0 amide bonds. The molecule has 1 aromatic carbocycles. The first-order valence-electron chi connectivity index (χ1n) is 6.79. The van der Waals surface area contributed by atoms with Crippen molar-refractivity contribution in [1.82, 2.24) is 0 Å². The maximum atomic E-state index is 12.1. The van der Waals surface area contributed by atoms with Gasteiger partial charge in [0.15, 0.2) is 0 Å². The summed E-state index contributed by atoms with van der Waals surface area (Å²) in [6.45, 7) is 8.34. The van der Waals surface area contributed by atoms with Crippen LogP contribution in [0, 0.1) is 5.41 Å². The number of hydrogen-bond donors (Lipinski definition) is 0. The van der Waals surface area contributed by atoms with Crippen LogP contribution in [0.4, 0.5) is 0 Å². The molecule has 0 aliphatic heterocycles. The van der Waals surface area contributed by atoms with Gasteiger partial charge in [0.1, 0.15) is 0 Å². The number of benzene rings is 1. The topological polar surface area (TPSA) is 60.4 Å². The van der Waals surface area contributed by atoms with Crippen molar-refractivity contribution in [1.29, 1.82) is 0 Å². The van der Waals surface area contributed by atoms with E-state index >= 15 is 0 Å². The number of aryl methyl sites for hydroxylation is 1. The highest BCUT2D eigenvalue weighted by molar-refractivity contribution is 8.13. The molecule has 1 rings (SSSR count). The largest absolute Gasteiger partial charge is 0.462 e. The zero-order valence-corrected chi connectivity index (χ0v) is 14.3. The summed E-state index contributed by atoms with van der Waals surface area (Å²) in [5.74, 6) is -0.515. The molecule has 1 aromatic rings. The van der Waals surface area contributed by atoms with Gasteiger partial charge in [-0.15, -0.1) is 0 Å². The van der Waals surface area contributed by atoms with Crippen LogP contribution in [0.3, 0.4) is 0 Å². The number of esters is 1. The van der Waals surface area contributed by atoms with Gasteiger partial charge in [0.25, 0.3) is 9.05 Å². The smallest absolute Gasteiger partial charge is 0.338 e. The van der Waals surface area contributed by atoms with E-state index in [1.54, 1.807) is 6.07 Å². The Morgan fingerprint density at radius 1 is 1.29 bits per heavy atom. The summed E-state index contributed by atoms with van der Waals surface area (Å²) >= 11 is 0. The summed E-state index contributed by atoms with van der Waals surface area (Å²) in [4.78, 5) is 12.0. The van der Waals surface area contributed by atoms with Gasteiger partial charge in [0.05, 0.1) is 17.1 Å². The first-order chi connectivity index (χ1) is 9.54. The molecule has 0 aromatic heterocycles. The molecule has 21 heavy (non-hydrogen) atoms. The van der Waals surface area contributed by atoms with E-state index in [0.717, 1.165) is 12.0 Å². The molecular formula is C15H21ClO4S. The first-order valence-corrected chi connectivity index (χ1v) is 9.10. The van der Waals surface area contributed by atoms with E-state index in [4.69, 9.17) is 15.4 Å². The zero-order chi connectivity index (χ0) is 16.3. The third kappa shape index (κ3) is 5.67. The highest BCUT2D eigenvalue weighted by atomic mass is 35.7. The Labute approximate surface area is 130 Å². The molecular weight excluding hydrogens is 312 g/mol. The molecule has 0 aliphatic carbocycles. The van der Waals surface area contributed by atoms with Gasteiger partial charge in [0.2, 0.25) is 0 Å². The van der Waals surface area contributed by atoms with E-state index in [2.05, 4.69) is 20.8 Å². The second kappa shape index (κ2) is 6.79. The number of carbonyl (C=O) groups excluding carboxylic acids is 1. The number of carbonyl (C=O) groups is 1. The molecule has 0 N–H and O–H groups in total. The lowest BCUT2D eigenvalue weighted by Gasteiger charge is -2.18. The van der Waals surface area contributed by atoms with Gasteiger partial charge in [-0.1, -0.05) is 33.8 Å². The van der Waals surface area contributed by atoms with Crippen LogP contribution in [0.15, 0.2) is 23.1 Å². The summed E-state index contributed by atoms with van der Waals surface area (Å²) in [7, 11) is 1.45. The standard InChI is InChI=1S/C15H21ClO4S/c1-5-11-6-7-12(21(16,18)19)10-13(11)14(17)20-9-8-15(2,3)4/h6-7,10H,5,8-9H2,1-4H3. The molecule has 0 fully saturated rings. The van der Waals surface area contributed by atoms with Gasteiger partial charge in [-0.25, -0.2) is 13.2 Å². The van der Waals surface area contributed by atoms with Crippen molar-refractivity contribution in [2.24, 2.45) is 5.41 Å². The molecule has 0 spiro atoms. The van der Waals surface area contributed by atoms with Crippen LogP contribution in [-0.2, 0) is 20.2 Å². The van der Waals surface area contributed by atoms with Crippen molar-refractivity contribution in [3.05, 3.63) is 29.3 Å². The summed E-state index contributed by atoms with van der Waals surface area (Å²) in [6, 6.07) is 4.27. The molecule has 4 nitrogen and oxygen atoms in total. The van der Waals surface area contributed by atoms with Gasteiger partial charge in [-0.05, 0) is 36.0 Å². The normalized spacial score (nSPS) is 12.2. The van der Waals surface area contributed by atoms with Crippen molar-refractivity contribution < 1.29 is 17.9 Å². The van der Waals surface area contributed by atoms with E-state index in [1.807, 2.05) is 6.92 Å². The predicted octanol–water partition coefficient (Wildman–Crippen LogP) is 3.77. The summed E-state index contributed by atoms with van der Waals surface area (Å²) < 4.78 is 28.0. The number of ether oxygens (including phenoxy) is 1. The summed E-state index contributed by atoms with van der Waals surface area (Å²) in [5, 5.41) is 0. The quantitative estimate of drug-likeness (QED) is 0.608. The van der Waals surface area contributed by atoms with E-state index in [0.29, 0.717) is 13.0 Å². The molecule has 6 heteroatoms. The van der Waals surface area contributed by atoms with Crippen molar-refractivity contribution in [3.8, 4) is 0 Å². The Balaban J connectivity index is 2.96. The molecule has 0 unspecified atom stereocenters. The number of rotatable bonds is 5. The van der Waals surface area contributed by atoms with Gasteiger partial charge in [-0.3, -0.25) is 0 Å². The second-order valence-corrected chi connectivity index (χ2v) is 8.62. The fraction of sp³-hybridized carbons (Fsp3) is 0.533. The van der Waals surface area contributed by atoms with Crippen molar-refractivity contribution in [2.45, 2.75) is 45.4 Å². The second-order valence-electron chi connectivity index (χ2n) is 6.06. The van der Waals surface area contributed by atoms with Gasteiger partial charge in [-0.2, -0.15) is 0 Å². The van der Waals surface area contributed by atoms with Crippen LogP contribution in [0.25, 0.3) is 0 Å². The molecule has 0 bridgehead atoms. The minimum Gasteiger partial charge on any atom is -0.462 e. The first kappa shape index (κ1) is 18.0. The van der Waals surface area contributed by atoms with Crippen molar-refractivity contribution in [2.75, 3.05) is 6.61 Å². The van der Waals surface area contributed by atoms with Crippen LogP contribution < -0.4 is 0 Å². The van der Waals surface area contributed by atoms with Gasteiger partial charge < -0.3 is 4.74 Å². The Hall–Kier alpha value is -1.07. The number of halogens is 1. The monoisotopic (exact) mass is 332 g/mol. The fourth-order valence-electron chi connectivity index (χ4n) is 1.73. The highest BCUT2D eigenvalue weighted by Gasteiger charge is 2.18. The van der Waals surface area contributed by atoms with E-state index < -0.39 is 15.0 Å². The van der Waals surface area contributed by atoms with Gasteiger partial charge >= 0.3 is 5.97 Å². The highest BCUT2D eigenvalue weighted by Crippen LogP contribution is 2.22. The molecule has 0 saturated carbocycles. The lowest BCUT2D eigenvalue weighted by molar-refractivity contribution is 0.0463. The SMILES string of the molecule is CCc1ccc(S(=O)(=O)Cl)cc1C(=O)OCCC(C)(C)C. The Bertz CT molecular complexity index is 615. The average Bonchev–Trinajstić information content (AvgIpc) is 2.35. The minimum atomic E-state index is -3.86. The zero-order valence-electron chi connectivity index (χ0n) is 12.8. The predicted molar refractivity (Wildman–Crippen MR) is 83.2 cm³/mol. The maximum absolute atomic E-state index is 12.1. The third-order valence-electron chi connectivity index (χ3n) is 3.05. The average molecular weight is 333 g/mol. The lowest BCUT2D eigenvalue weighted by atomic mass is 9.93. The number of hydrogen-bond acceptors (Lipinski definition) is 4. The van der Waals surface area contributed by atoms with Crippen molar-refractivity contribution in [3.63, 3.8) is 0 Å². The summed E-state index contributed by atoms with van der Waals surface area (Å²) in [5.41, 5.74) is 1.06. The van der Waals surface area contributed by atoms with Crippen LogP contribution >= 0.6 is 10.7 Å². The Morgan fingerprint density at radius 2 is 1.90 bits per heavy atom. The van der Waals surface area contributed by atoms with Crippen LogP contribution in [0.2, 0.25) is 0 Å². The third-order valence-corrected chi connectivity index (χ3v) is 4.40. The van der Waals surface area contributed by atoms with Gasteiger partial charge in [0, 0.05) is 10.7 Å². The molecule has 0 heterocycles. The Morgan fingerprint density at radius 3 is 2.38 bits per heavy atom. The molecule has 0 saturated heterocycles. The molecule has 0 aliphatic rings. The van der Waals surface area contributed by atoms with Crippen molar-refractivity contribution >= 4 is 25.7 Å². The van der Waals surface area contributed by atoms with E-state index in [9.17, 15) is 13.2 Å². The maximum Gasteiger partial charge on any atom is 0.338 e. The summed E-state index contributed by atoms with van der Waals surface area (Å²) in [6.07, 6.45) is 1.33. The lowest BCUT2D eigenvalue weighted by Crippen LogP contribution is -2.14. The molecule has 0 radical (unpaired) electrons. The molecule has 118 valence electrons. The molecule has 0 atom stereocenters. The van der Waals surface area contributed by atoms with E-state index in [1.165, 1.54) is 12.1 Å². The fourth-order valence-corrected chi connectivity index (χ4v) is 2.51. The van der Waals surface area contributed by atoms with Crippen LogP contribution in [0.1, 0.15) is 50.0 Å². The van der Waals surface area contributed by atoms with Crippen LogP contribution in [-0.4, -0.2) is 21.0 Å². The van der Waals surface area contributed by atoms with E-state index in [-0.39, 0.29) is 15.9 Å². The minimum absolute atomic E-state index is 0.0647. The Kier molecular flexibility index (Phi) is 5.82.